The zero-order valence-electron chi connectivity index (χ0n) is 15.2. The first-order valence-corrected chi connectivity index (χ1v) is 7.90. The molecule has 0 atom stereocenters. The topological polar surface area (TPSA) is 96.6 Å². The number of aliphatic imine (C=N–C) groups is 1. The minimum absolute atomic E-state index is 0.0463. The third kappa shape index (κ3) is 3.55. The van der Waals surface area contributed by atoms with Crippen molar-refractivity contribution in [3.63, 3.8) is 0 Å². The van der Waals surface area contributed by atoms with Gasteiger partial charge in [0.05, 0.1) is 21.3 Å². The molecule has 8 heteroatoms. The average Bonchev–Trinajstić information content (AvgIpc) is 3.23. The summed E-state index contributed by atoms with van der Waals surface area (Å²) in [5, 5.41) is 0. The molecule has 0 saturated heterocycles. The fourth-order valence-corrected chi connectivity index (χ4v) is 2.53. The summed E-state index contributed by atoms with van der Waals surface area (Å²) in [4.78, 5) is 28.0. The zero-order chi connectivity index (χ0) is 19.6. The third-order valence-corrected chi connectivity index (χ3v) is 3.87. The maximum atomic E-state index is 12.1. The summed E-state index contributed by atoms with van der Waals surface area (Å²) in [7, 11) is 4.31. The number of cyclic esters (lactones) is 1. The first kappa shape index (κ1) is 18.2. The van der Waals surface area contributed by atoms with Crippen molar-refractivity contribution >= 4 is 23.9 Å². The van der Waals surface area contributed by atoms with Crippen LogP contribution in [0.1, 0.15) is 27.4 Å². The van der Waals surface area contributed by atoms with E-state index in [1.807, 2.05) is 0 Å². The fraction of sp³-hybridized carbons (Fsp3) is 0.211. The molecule has 0 unspecified atom stereocenters. The number of methoxy groups -OCH3 is 3. The SMILES string of the molecule is COC(=O)c1cc(/C=C2\N=C(c3ccc(OC)c(OC)c3)OC2=O)oc1C. The summed E-state index contributed by atoms with van der Waals surface area (Å²) in [5.74, 6) is 0.668. The van der Waals surface area contributed by atoms with E-state index in [2.05, 4.69) is 9.73 Å². The first-order chi connectivity index (χ1) is 13.0. The number of carbonyl (C=O) groups excluding carboxylic acids is 2. The summed E-state index contributed by atoms with van der Waals surface area (Å²) >= 11 is 0. The van der Waals surface area contributed by atoms with Crippen LogP contribution in [0.3, 0.4) is 0 Å². The van der Waals surface area contributed by atoms with Crippen molar-refractivity contribution in [1.82, 2.24) is 0 Å². The van der Waals surface area contributed by atoms with Gasteiger partial charge < -0.3 is 23.4 Å². The monoisotopic (exact) mass is 371 g/mol. The normalized spacial score (nSPS) is 14.7. The maximum absolute atomic E-state index is 12.1. The van der Waals surface area contributed by atoms with Crippen LogP contribution in [-0.4, -0.2) is 39.2 Å². The molecular weight excluding hydrogens is 354 g/mol. The van der Waals surface area contributed by atoms with E-state index in [1.165, 1.54) is 33.5 Å². The van der Waals surface area contributed by atoms with Gasteiger partial charge in [0.1, 0.15) is 17.1 Å². The zero-order valence-corrected chi connectivity index (χ0v) is 15.2. The van der Waals surface area contributed by atoms with Crippen molar-refractivity contribution in [2.24, 2.45) is 4.99 Å². The van der Waals surface area contributed by atoms with Crippen LogP contribution in [0.5, 0.6) is 11.5 Å². The molecular formula is C19H17NO7. The third-order valence-electron chi connectivity index (χ3n) is 3.87. The number of esters is 2. The van der Waals surface area contributed by atoms with Crippen LogP contribution in [0.25, 0.3) is 6.08 Å². The van der Waals surface area contributed by atoms with Gasteiger partial charge in [-0.2, -0.15) is 0 Å². The van der Waals surface area contributed by atoms with E-state index in [0.717, 1.165) is 0 Å². The molecule has 27 heavy (non-hydrogen) atoms. The molecule has 1 aromatic carbocycles. The Hall–Kier alpha value is -3.55. The van der Waals surface area contributed by atoms with Crippen molar-refractivity contribution in [3.05, 3.63) is 52.6 Å². The van der Waals surface area contributed by atoms with Gasteiger partial charge >= 0.3 is 11.9 Å². The molecule has 1 aliphatic heterocycles. The van der Waals surface area contributed by atoms with Crippen LogP contribution in [-0.2, 0) is 14.3 Å². The van der Waals surface area contributed by atoms with Crippen LogP contribution in [0.2, 0.25) is 0 Å². The van der Waals surface area contributed by atoms with Crippen LogP contribution >= 0.6 is 0 Å². The minimum Gasteiger partial charge on any atom is -0.493 e. The average molecular weight is 371 g/mol. The van der Waals surface area contributed by atoms with Gasteiger partial charge in [-0.3, -0.25) is 0 Å². The highest BCUT2D eigenvalue weighted by atomic mass is 16.6. The molecule has 0 saturated carbocycles. The van der Waals surface area contributed by atoms with Gasteiger partial charge in [-0.05, 0) is 31.2 Å². The number of carbonyl (C=O) groups is 2. The van der Waals surface area contributed by atoms with Gasteiger partial charge in [0, 0.05) is 11.6 Å². The lowest BCUT2D eigenvalue weighted by atomic mass is 10.2. The highest BCUT2D eigenvalue weighted by molar-refractivity contribution is 6.13. The van der Waals surface area contributed by atoms with Crippen molar-refractivity contribution in [1.29, 1.82) is 0 Å². The quantitative estimate of drug-likeness (QED) is 0.589. The molecule has 2 heterocycles. The number of ether oxygens (including phenoxy) is 4. The molecule has 2 aromatic rings. The molecule has 8 nitrogen and oxygen atoms in total. The number of hydrogen-bond donors (Lipinski definition) is 0. The largest absolute Gasteiger partial charge is 0.493 e. The Labute approximate surface area is 155 Å². The van der Waals surface area contributed by atoms with Gasteiger partial charge in [0.15, 0.2) is 17.2 Å². The molecule has 0 spiro atoms. The van der Waals surface area contributed by atoms with Crippen molar-refractivity contribution in [3.8, 4) is 11.5 Å². The Bertz CT molecular complexity index is 968. The van der Waals surface area contributed by atoms with E-state index in [1.54, 1.807) is 25.1 Å². The summed E-state index contributed by atoms with van der Waals surface area (Å²) in [5.41, 5.74) is 0.875. The molecule has 140 valence electrons. The molecule has 0 N–H and O–H groups in total. The van der Waals surface area contributed by atoms with E-state index in [0.29, 0.717) is 22.8 Å². The number of furan rings is 1. The van der Waals surface area contributed by atoms with Crippen molar-refractivity contribution in [2.45, 2.75) is 6.92 Å². The Balaban J connectivity index is 1.93. The van der Waals surface area contributed by atoms with Crippen LogP contribution in [0.4, 0.5) is 0 Å². The fourth-order valence-electron chi connectivity index (χ4n) is 2.53. The predicted octanol–water partition coefficient (Wildman–Crippen LogP) is 2.74. The van der Waals surface area contributed by atoms with E-state index < -0.39 is 11.9 Å². The van der Waals surface area contributed by atoms with E-state index >= 15 is 0 Å². The molecule has 0 radical (unpaired) electrons. The smallest absolute Gasteiger partial charge is 0.363 e. The lowest BCUT2D eigenvalue weighted by Gasteiger charge is -2.08. The summed E-state index contributed by atoms with van der Waals surface area (Å²) < 4.78 is 25.8. The van der Waals surface area contributed by atoms with Crippen LogP contribution in [0.15, 0.2) is 39.4 Å². The van der Waals surface area contributed by atoms with Gasteiger partial charge in [0.2, 0.25) is 5.90 Å². The molecule has 0 bridgehead atoms. The molecule has 3 rings (SSSR count). The maximum Gasteiger partial charge on any atom is 0.363 e. The highest BCUT2D eigenvalue weighted by Gasteiger charge is 2.26. The van der Waals surface area contributed by atoms with Gasteiger partial charge in [-0.25, -0.2) is 14.6 Å². The van der Waals surface area contributed by atoms with E-state index in [4.69, 9.17) is 18.6 Å². The lowest BCUT2D eigenvalue weighted by Crippen LogP contribution is -2.05. The molecule has 0 fully saturated rings. The number of nitrogens with zero attached hydrogens (tertiary/aromatic N) is 1. The first-order valence-electron chi connectivity index (χ1n) is 7.90. The van der Waals surface area contributed by atoms with Crippen LogP contribution < -0.4 is 9.47 Å². The Morgan fingerprint density at radius 1 is 1.11 bits per heavy atom. The second-order valence-corrected chi connectivity index (χ2v) is 5.52. The Morgan fingerprint density at radius 2 is 1.85 bits per heavy atom. The van der Waals surface area contributed by atoms with Gasteiger partial charge in [-0.15, -0.1) is 0 Å². The summed E-state index contributed by atoms with van der Waals surface area (Å²) in [6, 6.07) is 6.51. The van der Waals surface area contributed by atoms with Gasteiger partial charge in [0.25, 0.3) is 0 Å². The standard InChI is InChI=1S/C19H17NO7/c1-10-13(18(21)25-4)8-12(26-10)9-14-19(22)27-17(20-14)11-5-6-15(23-2)16(7-11)24-3/h5-9H,1-4H3/b14-9-. The molecule has 0 aliphatic carbocycles. The Kier molecular flexibility index (Phi) is 4.98. The number of hydrogen-bond acceptors (Lipinski definition) is 8. The second kappa shape index (κ2) is 7.36. The number of aryl methyl sites for hydroxylation is 1. The minimum atomic E-state index is -0.631. The summed E-state index contributed by atoms with van der Waals surface area (Å²) in [6.45, 7) is 1.62. The molecule has 1 aromatic heterocycles. The number of rotatable bonds is 5. The highest BCUT2D eigenvalue weighted by Crippen LogP contribution is 2.29. The second-order valence-electron chi connectivity index (χ2n) is 5.52. The van der Waals surface area contributed by atoms with Crippen molar-refractivity contribution < 1.29 is 33.0 Å². The summed E-state index contributed by atoms with van der Waals surface area (Å²) in [6.07, 6.45) is 1.40. The molecule has 0 amide bonds. The van der Waals surface area contributed by atoms with E-state index in [9.17, 15) is 9.59 Å². The number of benzene rings is 1. The van der Waals surface area contributed by atoms with E-state index in [-0.39, 0.29) is 22.9 Å². The lowest BCUT2D eigenvalue weighted by molar-refractivity contribution is -0.129. The van der Waals surface area contributed by atoms with Crippen LogP contribution in [0, 0.1) is 6.92 Å². The van der Waals surface area contributed by atoms with Gasteiger partial charge in [-0.1, -0.05) is 0 Å². The molecule has 1 aliphatic rings. The van der Waals surface area contributed by atoms with Crippen molar-refractivity contribution in [2.75, 3.05) is 21.3 Å². The Morgan fingerprint density at radius 3 is 2.52 bits per heavy atom. The predicted molar refractivity (Wildman–Crippen MR) is 94.9 cm³/mol.